The van der Waals surface area contributed by atoms with E-state index in [4.69, 9.17) is 0 Å². The van der Waals surface area contributed by atoms with Gasteiger partial charge in [-0.25, -0.2) is 62.7 Å². The molecule has 0 radical (unpaired) electrons. The molecule has 0 saturated heterocycles. The molecule has 0 atom stereocenters. The van der Waals surface area contributed by atoms with Gasteiger partial charge in [-0.15, -0.1) is 0 Å². The van der Waals surface area contributed by atoms with Gasteiger partial charge in [-0.3, -0.25) is 0 Å². The first-order valence-electron chi connectivity index (χ1n) is 9.16. The Morgan fingerprint density at radius 1 is 0.306 bits per heavy atom. The van der Waals surface area contributed by atoms with Crippen molar-refractivity contribution in [2.75, 3.05) is 0 Å². The second kappa shape index (κ2) is 7.63. The van der Waals surface area contributed by atoms with Crippen molar-refractivity contribution in [1.82, 2.24) is 19.9 Å². The third-order valence-corrected chi connectivity index (χ3v) is 5.14. The van der Waals surface area contributed by atoms with E-state index >= 15 is 0 Å². The number of rotatable bonds is 0. The van der Waals surface area contributed by atoms with Crippen molar-refractivity contribution in [3.8, 4) is 0 Å². The van der Waals surface area contributed by atoms with Crippen LogP contribution >= 0.6 is 0 Å². The highest BCUT2D eigenvalue weighted by molar-refractivity contribution is 5.89. The SMILES string of the molecule is FC1=C(F)c2nc1c(F)c1[nH]c(c(F)c3nc(c(F)c4[nH]c(c2F)c(F)c4F)C(F)=C3F)c(F)c1F. The molecule has 2 aliphatic heterocycles. The van der Waals surface area contributed by atoms with E-state index in [9.17, 15) is 52.7 Å². The molecule has 36 heavy (non-hydrogen) atoms. The summed E-state index contributed by atoms with van der Waals surface area (Å²) in [5, 5.41) is 0. The highest BCUT2D eigenvalue weighted by atomic mass is 19.2. The third-order valence-electron chi connectivity index (χ3n) is 5.14. The van der Waals surface area contributed by atoms with Gasteiger partial charge in [-0.05, 0) is 0 Å². The van der Waals surface area contributed by atoms with Crippen LogP contribution in [0.4, 0.5) is 52.7 Å². The lowest BCUT2D eigenvalue weighted by Gasteiger charge is -1.93. The summed E-state index contributed by atoms with van der Waals surface area (Å²) in [5.74, 6) is -27.5. The largest absolute Gasteiger partial charge is 0.346 e. The van der Waals surface area contributed by atoms with E-state index in [2.05, 4.69) is 9.97 Å². The zero-order chi connectivity index (χ0) is 26.4. The fourth-order valence-corrected chi connectivity index (χ4v) is 3.40. The van der Waals surface area contributed by atoms with Crippen molar-refractivity contribution in [3.63, 3.8) is 0 Å². The minimum absolute atomic E-state index is 1.40. The summed E-state index contributed by atoms with van der Waals surface area (Å²) >= 11 is 0. The molecule has 0 saturated carbocycles. The first-order valence-corrected chi connectivity index (χ1v) is 9.16. The van der Waals surface area contributed by atoms with Gasteiger partial charge >= 0.3 is 0 Å². The number of nitrogens with one attached hydrogen (secondary N) is 2. The Hall–Kier alpha value is -4.24. The minimum atomic E-state index is -2.32. The van der Waals surface area contributed by atoms with Gasteiger partial charge in [0.15, 0.2) is 69.8 Å². The number of aromatic amines is 2. The number of hydrogen-bond donors (Lipinski definition) is 2. The highest BCUT2D eigenvalue weighted by Gasteiger charge is 2.33. The van der Waals surface area contributed by atoms with E-state index in [-0.39, 0.29) is 0 Å². The number of nitrogens with zero attached hydrogens (tertiary/aromatic N) is 2. The van der Waals surface area contributed by atoms with Crippen LogP contribution < -0.4 is 0 Å². The first-order chi connectivity index (χ1) is 16.9. The summed E-state index contributed by atoms with van der Waals surface area (Å²) < 4.78 is 174. The summed E-state index contributed by atoms with van der Waals surface area (Å²) in [6.07, 6.45) is 0. The molecule has 0 aromatic carbocycles. The van der Waals surface area contributed by atoms with Gasteiger partial charge in [0.05, 0.1) is 0 Å². The van der Waals surface area contributed by atoms with E-state index in [1.54, 1.807) is 0 Å². The number of aromatic nitrogens is 4. The highest BCUT2D eigenvalue weighted by Crippen LogP contribution is 2.39. The topological polar surface area (TPSA) is 57.4 Å². The zero-order valence-electron chi connectivity index (χ0n) is 16.4. The lowest BCUT2D eigenvalue weighted by molar-refractivity contribution is 0.517. The Kier molecular flexibility index (Phi) is 4.98. The molecule has 3 aromatic heterocycles. The Morgan fingerprint density at radius 3 is 0.694 bits per heavy atom. The maximum atomic E-state index is 14.8. The molecule has 2 aliphatic rings. The van der Waals surface area contributed by atoms with Crippen LogP contribution in [0.2, 0.25) is 0 Å². The van der Waals surface area contributed by atoms with E-state index in [1.807, 2.05) is 0 Å². The monoisotopic (exact) mass is 526 g/mol. The lowest BCUT2D eigenvalue weighted by atomic mass is 10.2. The standard InChI is InChI=1S/C20H2F12N4/c21-1-2(22)14-10(30)16-5(25)6(26)18(35-16)12(32)20-8(28)7(27)19(36-20)11(31)17-4(24)3(23)15(34-17)9(29)13(1)33-14/h33,36H. The molecule has 0 fully saturated rings. The third kappa shape index (κ3) is 2.92. The average Bonchev–Trinajstić information content (AvgIpc) is 3.52. The summed E-state index contributed by atoms with van der Waals surface area (Å²) in [7, 11) is 0. The smallest absolute Gasteiger partial charge is 0.189 e. The van der Waals surface area contributed by atoms with Crippen LogP contribution in [0, 0.1) is 46.5 Å². The second-order valence-electron chi connectivity index (χ2n) is 7.14. The van der Waals surface area contributed by atoms with Crippen molar-refractivity contribution in [2.24, 2.45) is 0 Å². The molecule has 4 nitrogen and oxygen atoms in total. The molecule has 8 bridgehead atoms. The maximum Gasteiger partial charge on any atom is 0.189 e. The van der Waals surface area contributed by atoms with Gasteiger partial charge in [0.2, 0.25) is 0 Å². The fourth-order valence-electron chi connectivity index (χ4n) is 3.40. The van der Waals surface area contributed by atoms with E-state index in [0.717, 1.165) is 0 Å². The first kappa shape index (κ1) is 23.5. The van der Waals surface area contributed by atoms with E-state index in [1.165, 1.54) is 9.97 Å². The van der Waals surface area contributed by atoms with E-state index < -0.39 is 115 Å². The number of halogens is 12. The molecule has 2 N–H and O–H groups in total. The predicted octanol–water partition coefficient (Wildman–Crippen LogP) is 6.96. The van der Waals surface area contributed by atoms with Gasteiger partial charge in [-0.1, -0.05) is 0 Å². The van der Waals surface area contributed by atoms with Crippen molar-refractivity contribution in [2.45, 2.75) is 0 Å². The molecule has 186 valence electrons. The number of fused-ring (bicyclic) bond motifs is 8. The fraction of sp³-hybridized carbons (Fsp3) is 0. The van der Waals surface area contributed by atoms with Crippen LogP contribution in [-0.4, -0.2) is 19.9 Å². The van der Waals surface area contributed by atoms with Crippen molar-refractivity contribution >= 4 is 45.4 Å². The van der Waals surface area contributed by atoms with Gasteiger partial charge in [0.1, 0.15) is 44.8 Å². The Morgan fingerprint density at radius 2 is 0.500 bits per heavy atom. The molecule has 5 rings (SSSR count). The van der Waals surface area contributed by atoms with Gasteiger partial charge in [0, 0.05) is 0 Å². The summed E-state index contributed by atoms with van der Waals surface area (Å²) in [4.78, 5) is 8.53. The van der Waals surface area contributed by atoms with Crippen LogP contribution in [0.25, 0.3) is 45.4 Å². The normalized spacial score (nSPS) is 13.9. The van der Waals surface area contributed by atoms with Crippen LogP contribution in [0.1, 0.15) is 22.8 Å². The molecular formula is C20H2F12N4. The molecule has 0 aliphatic carbocycles. The molecule has 5 heterocycles. The van der Waals surface area contributed by atoms with Crippen molar-refractivity contribution < 1.29 is 52.7 Å². The molecule has 16 heteroatoms. The average molecular weight is 526 g/mol. The minimum Gasteiger partial charge on any atom is -0.346 e. The number of H-pyrrole nitrogens is 2. The maximum absolute atomic E-state index is 14.8. The quantitative estimate of drug-likeness (QED) is 0.312. The Balaban J connectivity index is 2.13. The van der Waals surface area contributed by atoms with Crippen LogP contribution in [-0.2, 0) is 0 Å². The van der Waals surface area contributed by atoms with Crippen molar-refractivity contribution in [3.05, 3.63) is 69.3 Å². The van der Waals surface area contributed by atoms with Crippen LogP contribution in [0.3, 0.4) is 0 Å². The molecule has 0 unspecified atom stereocenters. The summed E-state index contributed by atoms with van der Waals surface area (Å²) in [6, 6.07) is 0. The predicted molar refractivity (Wildman–Crippen MR) is 98.7 cm³/mol. The molecule has 3 aromatic rings. The van der Waals surface area contributed by atoms with Gasteiger partial charge in [-0.2, -0.15) is 0 Å². The van der Waals surface area contributed by atoms with Crippen LogP contribution in [0.5, 0.6) is 0 Å². The summed E-state index contributed by atoms with van der Waals surface area (Å²) in [5.41, 5.74) is -14.3. The van der Waals surface area contributed by atoms with Gasteiger partial charge < -0.3 is 9.97 Å². The number of hydrogen-bond acceptors (Lipinski definition) is 2. The van der Waals surface area contributed by atoms with E-state index in [0.29, 0.717) is 0 Å². The molecule has 0 amide bonds. The summed E-state index contributed by atoms with van der Waals surface area (Å²) in [6.45, 7) is 0. The second-order valence-corrected chi connectivity index (χ2v) is 7.14. The van der Waals surface area contributed by atoms with Crippen LogP contribution in [0.15, 0.2) is 0 Å². The Bertz CT molecular complexity index is 1520. The zero-order valence-corrected chi connectivity index (χ0v) is 16.4. The Labute approximate surface area is 188 Å². The molecular weight excluding hydrogens is 524 g/mol. The lowest BCUT2D eigenvalue weighted by Crippen LogP contribution is -1.90. The van der Waals surface area contributed by atoms with Crippen molar-refractivity contribution in [1.29, 1.82) is 0 Å². The molecule has 0 spiro atoms. The van der Waals surface area contributed by atoms with Gasteiger partial charge in [0.25, 0.3) is 0 Å².